The average Bonchev–Trinajstić information content (AvgIpc) is 2.45. The topological polar surface area (TPSA) is 54.5 Å². The zero-order valence-electron chi connectivity index (χ0n) is 12.4. The first-order chi connectivity index (χ1) is 9.59. The van der Waals surface area contributed by atoms with Crippen molar-refractivity contribution < 1.29 is 9.53 Å². The van der Waals surface area contributed by atoms with E-state index in [0.29, 0.717) is 6.54 Å². The van der Waals surface area contributed by atoms with Crippen molar-refractivity contribution in [3.8, 4) is 0 Å². The van der Waals surface area contributed by atoms with Crippen LogP contribution in [-0.4, -0.2) is 37.7 Å². The molecule has 2 heterocycles. The molecular weight excluding hydrogens is 254 g/mol. The van der Waals surface area contributed by atoms with Crippen molar-refractivity contribution in [3.63, 3.8) is 0 Å². The number of anilines is 1. The van der Waals surface area contributed by atoms with Gasteiger partial charge in [-0.1, -0.05) is 6.07 Å². The number of carbonyl (C=O) groups is 1. The van der Waals surface area contributed by atoms with E-state index in [1.165, 1.54) is 0 Å². The smallest absolute Gasteiger partial charge is 0.225 e. The molecular formula is C15H23N3O2. The van der Waals surface area contributed by atoms with E-state index in [1.54, 1.807) is 6.20 Å². The Morgan fingerprint density at radius 1 is 1.55 bits per heavy atom. The average molecular weight is 277 g/mol. The number of rotatable bonds is 4. The number of ether oxygens (including phenoxy) is 1. The molecule has 0 spiro atoms. The number of hydrogen-bond donors (Lipinski definition) is 1. The quantitative estimate of drug-likeness (QED) is 0.908. The predicted octanol–water partition coefficient (Wildman–Crippen LogP) is 1.58. The summed E-state index contributed by atoms with van der Waals surface area (Å²) < 4.78 is 5.54. The van der Waals surface area contributed by atoms with Crippen molar-refractivity contribution in [2.24, 2.45) is 5.92 Å². The molecule has 2 atom stereocenters. The second kappa shape index (κ2) is 6.70. The third-order valence-corrected chi connectivity index (χ3v) is 3.69. The van der Waals surface area contributed by atoms with E-state index in [1.807, 2.05) is 38.1 Å². The molecule has 0 aliphatic carbocycles. The largest absolute Gasteiger partial charge is 0.378 e. The Hall–Kier alpha value is -1.62. The van der Waals surface area contributed by atoms with Crippen LogP contribution in [0.3, 0.4) is 0 Å². The van der Waals surface area contributed by atoms with Crippen LogP contribution >= 0.6 is 0 Å². The number of aromatic nitrogens is 1. The Morgan fingerprint density at radius 3 is 3.05 bits per heavy atom. The van der Waals surface area contributed by atoms with Gasteiger partial charge in [-0.3, -0.25) is 4.79 Å². The molecule has 5 heteroatoms. The summed E-state index contributed by atoms with van der Waals surface area (Å²) >= 11 is 0. The Balaban J connectivity index is 1.96. The third kappa shape index (κ3) is 3.48. The summed E-state index contributed by atoms with van der Waals surface area (Å²) in [7, 11) is 3.90. The molecule has 1 fully saturated rings. The first-order valence-corrected chi connectivity index (χ1v) is 7.10. The predicted molar refractivity (Wildman–Crippen MR) is 78.5 cm³/mol. The molecule has 5 nitrogen and oxygen atoms in total. The molecule has 1 aromatic heterocycles. The van der Waals surface area contributed by atoms with Gasteiger partial charge >= 0.3 is 0 Å². The van der Waals surface area contributed by atoms with Crippen LogP contribution in [0, 0.1) is 5.92 Å². The van der Waals surface area contributed by atoms with Crippen molar-refractivity contribution in [2.45, 2.75) is 32.4 Å². The van der Waals surface area contributed by atoms with E-state index >= 15 is 0 Å². The van der Waals surface area contributed by atoms with Gasteiger partial charge in [-0.05, 0) is 25.8 Å². The standard InChI is InChI=1S/C15H23N3O2/c1-11-13(7-5-9-20-11)15(19)17-10-12-6-4-8-16-14(12)18(2)3/h4,6,8,11,13H,5,7,9-10H2,1-3H3,(H,17,19). The third-order valence-electron chi connectivity index (χ3n) is 3.69. The molecule has 1 aromatic rings. The number of hydrogen-bond acceptors (Lipinski definition) is 4. The molecule has 1 aliphatic rings. The van der Waals surface area contributed by atoms with E-state index in [-0.39, 0.29) is 17.9 Å². The summed E-state index contributed by atoms with van der Waals surface area (Å²) in [5.74, 6) is 0.926. The highest BCUT2D eigenvalue weighted by atomic mass is 16.5. The van der Waals surface area contributed by atoms with Crippen LogP contribution in [0.1, 0.15) is 25.3 Å². The van der Waals surface area contributed by atoms with Crippen LogP contribution in [-0.2, 0) is 16.1 Å². The van der Waals surface area contributed by atoms with Gasteiger partial charge in [0.25, 0.3) is 0 Å². The number of amides is 1. The number of carbonyl (C=O) groups excluding carboxylic acids is 1. The molecule has 2 rings (SSSR count). The molecule has 2 unspecified atom stereocenters. The fraction of sp³-hybridized carbons (Fsp3) is 0.600. The van der Waals surface area contributed by atoms with E-state index in [4.69, 9.17) is 4.74 Å². The van der Waals surface area contributed by atoms with Crippen molar-refractivity contribution in [1.29, 1.82) is 0 Å². The van der Waals surface area contributed by atoms with Gasteiger partial charge in [0.1, 0.15) is 5.82 Å². The van der Waals surface area contributed by atoms with Crippen molar-refractivity contribution in [1.82, 2.24) is 10.3 Å². The highest BCUT2D eigenvalue weighted by Crippen LogP contribution is 2.21. The van der Waals surface area contributed by atoms with Crippen LogP contribution < -0.4 is 10.2 Å². The van der Waals surface area contributed by atoms with Gasteiger partial charge in [0.15, 0.2) is 0 Å². The molecule has 0 bridgehead atoms. The molecule has 0 radical (unpaired) electrons. The maximum absolute atomic E-state index is 12.2. The van der Waals surface area contributed by atoms with Gasteiger partial charge in [-0.25, -0.2) is 4.98 Å². The molecule has 0 aromatic carbocycles. The maximum atomic E-state index is 12.2. The Bertz CT molecular complexity index is 462. The van der Waals surface area contributed by atoms with Gasteiger partial charge in [0.2, 0.25) is 5.91 Å². The zero-order valence-corrected chi connectivity index (χ0v) is 12.4. The van der Waals surface area contributed by atoms with Crippen LogP contribution in [0.15, 0.2) is 18.3 Å². The van der Waals surface area contributed by atoms with Crippen molar-refractivity contribution >= 4 is 11.7 Å². The van der Waals surface area contributed by atoms with E-state index < -0.39 is 0 Å². The number of pyridine rings is 1. The molecule has 1 aliphatic heterocycles. The summed E-state index contributed by atoms with van der Waals surface area (Å²) in [5.41, 5.74) is 1.02. The Kier molecular flexibility index (Phi) is 4.95. The maximum Gasteiger partial charge on any atom is 0.225 e. The van der Waals surface area contributed by atoms with Gasteiger partial charge in [-0.2, -0.15) is 0 Å². The second-order valence-corrected chi connectivity index (χ2v) is 5.42. The number of nitrogens with zero attached hydrogens (tertiary/aromatic N) is 2. The highest BCUT2D eigenvalue weighted by Gasteiger charge is 2.28. The van der Waals surface area contributed by atoms with Gasteiger partial charge in [0.05, 0.1) is 12.0 Å². The lowest BCUT2D eigenvalue weighted by Crippen LogP contribution is -2.40. The minimum atomic E-state index is -0.0387. The fourth-order valence-electron chi connectivity index (χ4n) is 2.55. The van der Waals surface area contributed by atoms with Crippen LogP contribution in [0.25, 0.3) is 0 Å². The van der Waals surface area contributed by atoms with Gasteiger partial charge < -0.3 is 15.0 Å². The summed E-state index contributed by atoms with van der Waals surface area (Å²) in [6.45, 7) is 3.24. The molecule has 1 amide bonds. The second-order valence-electron chi connectivity index (χ2n) is 5.42. The molecule has 110 valence electrons. The molecule has 20 heavy (non-hydrogen) atoms. The van der Waals surface area contributed by atoms with E-state index in [0.717, 1.165) is 30.8 Å². The summed E-state index contributed by atoms with van der Waals surface area (Å²) in [4.78, 5) is 18.5. The summed E-state index contributed by atoms with van der Waals surface area (Å²) in [5, 5.41) is 3.01. The molecule has 1 saturated heterocycles. The minimum Gasteiger partial charge on any atom is -0.378 e. The van der Waals surface area contributed by atoms with Crippen LogP contribution in [0.4, 0.5) is 5.82 Å². The van der Waals surface area contributed by atoms with E-state index in [2.05, 4.69) is 10.3 Å². The molecule has 0 saturated carbocycles. The lowest BCUT2D eigenvalue weighted by Gasteiger charge is -2.28. The van der Waals surface area contributed by atoms with Gasteiger partial charge in [-0.15, -0.1) is 0 Å². The van der Waals surface area contributed by atoms with Crippen molar-refractivity contribution in [3.05, 3.63) is 23.9 Å². The normalized spacial score (nSPS) is 22.4. The lowest BCUT2D eigenvalue weighted by molar-refractivity contribution is -0.133. The lowest BCUT2D eigenvalue weighted by atomic mass is 9.94. The Labute approximate surface area is 120 Å². The molecule has 1 N–H and O–H groups in total. The monoisotopic (exact) mass is 277 g/mol. The van der Waals surface area contributed by atoms with E-state index in [9.17, 15) is 4.79 Å². The fourth-order valence-corrected chi connectivity index (χ4v) is 2.55. The first kappa shape index (κ1) is 14.8. The summed E-state index contributed by atoms with van der Waals surface area (Å²) in [6, 6.07) is 3.88. The Morgan fingerprint density at radius 2 is 2.35 bits per heavy atom. The van der Waals surface area contributed by atoms with Gasteiger partial charge in [0, 0.05) is 39.0 Å². The van der Waals surface area contributed by atoms with Crippen LogP contribution in [0.2, 0.25) is 0 Å². The van der Waals surface area contributed by atoms with Crippen LogP contribution in [0.5, 0.6) is 0 Å². The zero-order chi connectivity index (χ0) is 14.5. The SMILES string of the molecule is CC1OCCCC1C(=O)NCc1cccnc1N(C)C. The minimum absolute atomic E-state index is 0.00553. The summed E-state index contributed by atoms with van der Waals surface area (Å²) in [6.07, 6.45) is 3.63. The first-order valence-electron chi connectivity index (χ1n) is 7.10. The highest BCUT2D eigenvalue weighted by molar-refractivity contribution is 5.79. The van der Waals surface area contributed by atoms with Crippen molar-refractivity contribution in [2.75, 3.05) is 25.6 Å². The number of nitrogens with one attached hydrogen (secondary N) is 1.